The molecule has 0 aromatic heterocycles. The van der Waals surface area contributed by atoms with E-state index in [1.807, 2.05) is 24.3 Å². The summed E-state index contributed by atoms with van der Waals surface area (Å²) in [5.74, 6) is -5.69. The normalized spacial score (nSPS) is 24.3. The van der Waals surface area contributed by atoms with Gasteiger partial charge in [0.15, 0.2) is 47.7 Å². The smallest absolute Gasteiger partial charge is 0.416 e. The quantitative estimate of drug-likeness (QED) is 0.0148. The number of nitrogens with two attached hydrogens (primary N) is 1. The van der Waals surface area contributed by atoms with Crippen LogP contribution in [0, 0.1) is 5.41 Å². The Labute approximate surface area is 737 Å². The molecule has 13 rings (SSSR count). The molecule has 15 atom stereocenters. The average molecular weight is 1810 g/mol. The van der Waals surface area contributed by atoms with Crippen molar-refractivity contribution >= 4 is 76.8 Å². The van der Waals surface area contributed by atoms with Crippen molar-refractivity contribution in [2.24, 2.45) is 11.1 Å². The topological polar surface area (TPSA) is 578 Å². The summed E-state index contributed by atoms with van der Waals surface area (Å²) in [5.41, 5.74) is 7.41. The Kier molecular flexibility index (Phi) is 31.8. The number of nitrogens with one attached hydrogen (secondary N) is 2. The van der Waals surface area contributed by atoms with Gasteiger partial charge in [0.1, 0.15) is 61.3 Å². The number of ether oxygens (including phenoxy) is 15. The summed E-state index contributed by atoms with van der Waals surface area (Å²) in [6.07, 6.45) is -20.1. The Morgan fingerprint density at radius 2 is 1.05 bits per heavy atom. The number of amides is 8. The molecular formula is C86H104N8O35. The zero-order chi connectivity index (χ0) is 91.9. The zero-order valence-electron chi connectivity index (χ0n) is 70.4. The Balaban J connectivity index is 0.613. The first-order valence-electron chi connectivity index (χ1n) is 41.9. The molecule has 0 radical (unpaired) electrons. The molecule has 0 bridgehead atoms. The summed E-state index contributed by atoms with van der Waals surface area (Å²) in [5, 5.41) is 112. The molecule has 8 aliphatic rings. The zero-order valence-corrected chi connectivity index (χ0v) is 70.4. The minimum atomic E-state index is -2.06. The highest BCUT2D eigenvalue weighted by atomic mass is 16.7. The molecule has 8 amide bonds. The van der Waals surface area contributed by atoms with Gasteiger partial charge in [-0.05, 0) is 109 Å². The average Bonchev–Trinajstić information content (AvgIpc) is 1.57. The van der Waals surface area contributed by atoms with Crippen molar-refractivity contribution in [3.63, 3.8) is 0 Å². The number of imide groups is 1. The number of carbonyl (C=O) groups is 10. The Bertz CT molecular complexity index is 4870. The van der Waals surface area contributed by atoms with Gasteiger partial charge in [-0.15, -0.1) is 0 Å². The first kappa shape index (κ1) is 94.9. The predicted molar refractivity (Wildman–Crippen MR) is 440 cm³/mol. The van der Waals surface area contributed by atoms with Crippen molar-refractivity contribution in [2.75, 3.05) is 122 Å². The van der Waals surface area contributed by atoms with Gasteiger partial charge in [-0.25, -0.2) is 33.8 Å². The number of aliphatic hydroxyl groups excluding tert-OH is 8. The first-order valence-corrected chi connectivity index (χ1v) is 41.9. The number of carboxylic acid groups (broad SMARTS) is 2. The Morgan fingerprint density at radius 3 is 1.60 bits per heavy atom. The summed E-state index contributed by atoms with van der Waals surface area (Å²) < 4.78 is 85.5. The number of unbranched alkanes of at least 4 members (excludes halogenated alkanes) is 2. The van der Waals surface area contributed by atoms with Crippen molar-refractivity contribution < 1.29 is 170 Å². The van der Waals surface area contributed by atoms with Gasteiger partial charge in [0.25, 0.3) is 23.6 Å². The molecule has 1 saturated carbocycles. The number of alkyl carbamates (subject to hydrolysis) is 1. The molecule has 43 nitrogen and oxygen atoms in total. The molecular weight excluding hydrogens is 1700 g/mol. The summed E-state index contributed by atoms with van der Waals surface area (Å²) in [6.45, 7) is 0.605. The molecule has 1 spiro atoms. The number of aliphatic carboxylic acids is 2. The highest BCUT2D eigenvalue weighted by molar-refractivity contribution is 6.13. The number of fused-ring (bicyclic) bond motifs is 5. The molecule has 5 aromatic carbocycles. The molecule has 698 valence electrons. The number of carbonyl (C=O) groups excluding carboxylic acids is 8. The minimum Gasteiger partial charge on any atom is -0.493 e. The van der Waals surface area contributed by atoms with Gasteiger partial charge in [-0.1, -0.05) is 42.5 Å². The second kappa shape index (κ2) is 43.2. The lowest BCUT2D eigenvalue weighted by atomic mass is 9.93. The van der Waals surface area contributed by atoms with E-state index in [0.717, 1.165) is 50.8 Å². The Hall–Kier alpha value is -11.7. The first-order chi connectivity index (χ1) is 62.1. The van der Waals surface area contributed by atoms with Crippen LogP contribution in [0.25, 0.3) is 0 Å². The number of anilines is 3. The molecule has 0 unspecified atom stereocenters. The summed E-state index contributed by atoms with van der Waals surface area (Å²) >= 11 is 0. The fourth-order valence-electron chi connectivity index (χ4n) is 16.0. The van der Waals surface area contributed by atoms with Gasteiger partial charge in [0.05, 0.1) is 140 Å². The van der Waals surface area contributed by atoms with E-state index >= 15 is 0 Å². The van der Waals surface area contributed by atoms with Crippen LogP contribution < -0.4 is 54.6 Å². The number of carboxylic acids is 2. The van der Waals surface area contributed by atoms with Gasteiger partial charge in [0.2, 0.25) is 18.5 Å². The summed E-state index contributed by atoms with van der Waals surface area (Å²) in [7, 11) is 2.74. The maximum atomic E-state index is 14.9. The highest BCUT2D eigenvalue weighted by Crippen LogP contribution is 2.57. The van der Waals surface area contributed by atoms with Crippen molar-refractivity contribution in [3.05, 3.63) is 137 Å². The van der Waals surface area contributed by atoms with Gasteiger partial charge >= 0.3 is 30.2 Å². The second-order valence-corrected chi connectivity index (χ2v) is 31.7. The fourth-order valence-corrected chi connectivity index (χ4v) is 16.0. The maximum Gasteiger partial charge on any atom is 0.416 e. The molecule has 1 aliphatic carbocycles. The SMILES string of the molecule is COc1cc2c(cc1OCCCCCOc1cc3c(cc1OC)C(=O)N1CC4(CC4)C[C@H]1[C@H](O)N3C(=O)OCc1ccc(O[C@@H]3O[C@H](C(=O)O)[C@@H](O)[C@H](O)[C@H]3O)c(NC(=O)CCOCCOCCOCCOCCNC(=O)OCC[C@H](CN)N3C(=O)C=CC3=O)c1)N(C(=O)OCc1ccc(O[C@@H]3O[C@H](C(=O)O)[C@@H](O)[C@H](O)[C@H]3O)cc1)[C@@H](O)[C@@H]1Cc3ccccc3CN1C2=O. The van der Waals surface area contributed by atoms with Gasteiger partial charge in [-0.2, -0.15) is 0 Å². The van der Waals surface area contributed by atoms with Gasteiger partial charge in [-0.3, -0.25) is 28.9 Å². The van der Waals surface area contributed by atoms with Crippen LogP contribution in [-0.2, 0) is 92.8 Å². The van der Waals surface area contributed by atoms with Crippen LogP contribution >= 0.6 is 0 Å². The van der Waals surface area contributed by atoms with E-state index in [4.69, 9.17) is 76.8 Å². The number of aliphatic hydroxyl groups is 8. The lowest BCUT2D eigenvalue weighted by molar-refractivity contribution is -0.271. The van der Waals surface area contributed by atoms with Crippen molar-refractivity contribution in [2.45, 2.75) is 170 Å². The van der Waals surface area contributed by atoms with Crippen LogP contribution in [0.4, 0.5) is 31.4 Å². The fraction of sp³-hybridized carbons (Fsp3) is 0.512. The summed E-state index contributed by atoms with van der Waals surface area (Å²) in [4.78, 5) is 138. The van der Waals surface area contributed by atoms with Crippen LogP contribution in [0.15, 0.2) is 103 Å². The molecule has 3 saturated heterocycles. The maximum absolute atomic E-state index is 14.9. The van der Waals surface area contributed by atoms with E-state index < -0.39 is 158 Å². The molecule has 14 N–H and O–H groups in total. The third-order valence-corrected chi connectivity index (χ3v) is 23.1. The molecule has 7 aliphatic heterocycles. The molecule has 5 aromatic rings. The minimum absolute atomic E-state index is 0.00530. The van der Waals surface area contributed by atoms with Crippen molar-refractivity contribution in [3.8, 4) is 34.5 Å². The van der Waals surface area contributed by atoms with Crippen LogP contribution in [0.1, 0.15) is 94.3 Å². The summed E-state index contributed by atoms with van der Waals surface area (Å²) in [6, 6.07) is 20.4. The van der Waals surface area contributed by atoms with Crippen LogP contribution in [0.3, 0.4) is 0 Å². The monoisotopic (exact) mass is 1810 g/mol. The van der Waals surface area contributed by atoms with E-state index in [1.165, 1.54) is 85.8 Å². The predicted octanol–water partition coefficient (Wildman–Crippen LogP) is 1.15. The van der Waals surface area contributed by atoms with E-state index in [1.54, 1.807) is 4.90 Å². The van der Waals surface area contributed by atoms with E-state index in [-0.39, 0.29) is 192 Å². The van der Waals surface area contributed by atoms with Crippen LogP contribution in [0.2, 0.25) is 0 Å². The molecule has 7 heterocycles. The van der Waals surface area contributed by atoms with Gasteiger partial charge in [0, 0.05) is 56.9 Å². The number of benzene rings is 5. The second-order valence-electron chi connectivity index (χ2n) is 31.7. The van der Waals surface area contributed by atoms with Crippen LogP contribution in [0.5, 0.6) is 34.5 Å². The van der Waals surface area contributed by atoms with E-state index in [2.05, 4.69) is 10.6 Å². The third kappa shape index (κ3) is 22.4. The standard InChI is InChI=1S/C86H104N8O35/c1-115-60-36-52-55(93(77(106)57-35-48-8-4-5-9-49(48)42-90(57)75(52)104)84(113)124-43-46-10-13-51(14-11-46)126-81-71(102)67(98)69(100)73(128-81)79(108)109)38-62(60)121-23-6-3-7-24-122-63-39-56-53(37-61(63)116-2)76(105)91-45-86(20-21-86)40-58(91)78(107)94(56)85(114)125-44-47-12-15-59(127-82-72(103)68(99)70(101)74(129-82)80(110)111)54(34-47)89-64(95)19-25-117-28-30-119-32-33-120-31-29-118-27-22-88-83(112)123-26-18-50(41-87)92-65(96)16-17-66(92)97/h4-5,8-17,34,36-39,50,57-58,67-74,77-78,81-82,98-103,106-107H,3,6-7,18-33,35,40-45,87H2,1-2H3,(H,88,112)(H,89,95)(H,108,109)(H,110,111)/t50-,57+,58+,67+,68+,69+,70+,71-,72-,73+,74+,77+,78+,81-,82-/m1/s1. The lowest BCUT2D eigenvalue weighted by Gasteiger charge is -2.39. The lowest BCUT2D eigenvalue weighted by Crippen LogP contribution is -2.61. The van der Waals surface area contributed by atoms with Gasteiger partial charge < -0.3 is 148 Å². The molecule has 4 fully saturated rings. The molecule has 43 heteroatoms. The van der Waals surface area contributed by atoms with Crippen LogP contribution in [-0.4, -0.2) is 324 Å². The number of hydrogen-bond acceptors (Lipinski definition) is 34. The van der Waals surface area contributed by atoms with E-state index in [0.29, 0.717) is 37.8 Å². The number of hydrogen-bond donors (Lipinski definition) is 13. The largest absolute Gasteiger partial charge is 0.493 e. The third-order valence-electron chi connectivity index (χ3n) is 23.1. The number of rotatable bonds is 41. The molecule has 129 heavy (non-hydrogen) atoms. The highest BCUT2D eigenvalue weighted by Gasteiger charge is 2.59. The van der Waals surface area contributed by atoms with E-state index in [9.17, 15) is 99.0 Å². The van der Waals surface area contributed by atoms with Crippen molar-refractivity contribution in [1.82, 2.24) is 20.0 Å². The Morgan fingerprint density at radius 1 is 0.535 bits per heavy atom. The van der Waals surface area contributed by atoms with Crippen molar-refractivity contribution in [1.29, 1.82) is 0 Å². The number of methoxy groups -OCH3 is 2. The number of nitrogens with zero attached hydrogens (tertiary/aromatic N) is 5.